The van der Waals surface area contributed by atoms with Crippen molar-refractivity contribution < 1.29 is 29.7 Å². The Morgan fingerprint density at radius 2 is 0.818 bits per heavy atom. The van der Waals surface area contributed by atoms with E-state index < -0.39 is 0 Å². The fourth-order valence-electron chi connectivity index (χ4n) is 7.12. The van der Waals surface area contributed by atoms with Crippen molar-refractivity contribution in [3.63, 3.8) is 0 Å². The molecule has 4 aromatic rings. The zero-order valence-corrected chi connectivity index (χ0v) is 29.6. The van der Waals surface area contributed by atoms with Gasteiger partial charge in [0.25, 0.3) is 0 Å². The van der Waals surface area contributed by atoms with E-state index in [4.69, 9.17) is 10.2 Å². The summed E-state index contributed by atoms with van der Waals surface area (Å²) in [6, 6.07) is 45.4. The molecule has 2 saturated heterocycles. The largest absolute Gasteiger partial charge is 0.393 e. The van der Waals surface area contributed by atoms with Gasteiger partial charge in [-0.1, -0.05) is 121 Å². The van der Waals surface area contributed by atoms with Crippen LogP contribution < -0.4 is 0 Å². The molecule has 6 rings (SSSR count). The molecule has 235 valence electrons. The van der Waals surface area contributed by atoms with Crippen molar-refractivity contribution in [2.75, 3.05) is 0 Å². The molecule has 1 radical (unpaired) electrons. The summed E-state index contributed by atoms with van der Waals surface area (Å²) in [5, 5.41) is 17.1. The van der Waals surface area contributed by atoms with Crippen molar-refractivity contribution in [2.24, 2.45) is 0 Å². The van der Waals surface area contributed by atoms with Crippen LogP contribution in [0.5, 0.6) is 0 Å². The Balaban J connectivity index is 0.000000497. The molecule has 0 aromatic heterocycles. The number of aliphatic hydroxyl groups excluding tert-OH is 2. The van der Waals surface area contributed by atoms with Gasteiger partial charge in [-0.15, -0.1) is 17.2 Å². The average Bonchev–Trinajstić information content (AvgIpc) is 3.66. The standard InChI is InChI=1S/C34H36P2.C5H12O2.Rh/c1-5-13-25(14-6-1)29-23-33(27-17-9-3-10-18-27)35-31(29)21-22-32-30(26-15-7-2-8-16-26)24-34(36-32)28-19-11-4-12-20-28;1-4(6)3-5(2)7;/h1-20,29-36H,21-24H2;4-7H,3H2,1-2H3;/t29-,30-,31?,32?,33-,34-;;/m1../s1. The fourth-order valence-corrected chi connectivity index (χ4v) is 11.5. The Morgan fingerprint density at radius 3 is 1.09 bits per heavy atom. The summed E-state index contributed by atoms with van der Waals surface area (Å²) >= 11 is 0. The maximum Gasteiger partial charge on any atom is 0.0536 e. The van der Waals surface area contributed by atoms with Gasteiger partial charge >= 0.3 is 0 Å². The van der Waals surface area contributed by atoms with E-state index in [1.165, 1.54) is 25.7 Å². The van der Waals surface area contributed by atoms with Gasteiger partial charge in [-0.05, 0) is 91.4 Å². The van der Waals surface area contributed by atoms with Crippen LogP contribution in [0.3, 0.4) is 0 Å². The van der Waals surface area contributed by atoms with E-state index in [-0.39, 0.29) is 31.7 Å². The second kappa shape index (κ2) is 17.8. The molecule has 6 unspecified atom stereocenters. The van der Waals surface area contributed by atoms with Gasteiger partial charge in [0, 0.05) is 30.8 Å². The molecule has 0 saturated carbocycles. The fraction of sp³-hybridized carbons (Fsp3) is 0.385. The van der Waals surface area contributed by atoms with E-state index in [1.54, 1.807) is 36.1 Å². The average molecular weight is 714 g/mol. The van der Waals surface area contributed by atoms with Gasteiger partial charge in [-0.2, -0.15) is 0 Å². The third-order valence-electron chi connectivity index (χ3n) is 9.11. The van der Waals surface area contributed by atoms with Crippen LogP contribution in [0.15, 0.2) is 121 Å². The molecule has 2 fully saturated rings. The van der Waals surface area contributed by atoms with Crippen LogP contribution in [0.2, 0.25) is 0 Å². The monoisotopic (exact) mass is 713 g/mol. The quantitative estimate of drug-likeness (QED) is 0.134. The number of hydrogen-bond acceptors (Lipinski definition) is 2. The third-order valence-corrected chi connectivity index (χ3v) is 13.3. The second-order valence-corrected chi connectivity index (χ2v) is 16.0. The van der Waals surface area contributed by atoms with Gasteiger partial charge in [0.2, 0.25) is 0 Å². The summed E-state index contributed by atoms with van der Waals surface area (Å²) in [7, 11) is 2.05. The van der Waals surface area contributed by atoms with Crippen LogP contribution in [-0.2, 0) is 19.5 Å². The number of rotatable bonds is 9. The zero-order chi connectivity index (χ0) is 30.0. The first-order valence-corrected chi connectivity index (χ1v) is 18.4. The Kier molecular flexibility index (Phi) is 14.2. The molecule has 2 aliphatic rings. The smallest absolute Gasteiger partial charge is 0.0536 e. The van der Waals surface area contributed by atoms with Crippen LogP contribution in [0.1, 0.15) is 91.4 Å². The van der Waals surface area contributed by atoms with Gasteiger partial charge < -0.3 is 10.2 Å². The van der Waals surface area contributed by atoms with Gasteiger partial charge in [0.1, 0.15) is 0 Å². The Bertz CT molecular complexity index is 1230. The minimum absolute atomic E-state index is 0. The number of hydrogen-bond donors (Lipinski definition) is 2. The van der Waals surface area contributed by atoms with Gasteiger partial charge in [-0.3, -0.25) is 0 Å². The zero-order valence-electron chi connectivity index (χ0n) is 25.9. The summed E-state index contributed by atoms with van der Waals surface area (Å²) in [5.41, 5.74) is 9.25. The van der Waals surface area contributed by atoms with Crippen molar-refractivity contribution in [3.8, 4) is 0 Å². The van der Waals surface area contributed by atoms with Gasteiger partial charge in [0.15, 0.2) is 0 Å². The molecule has 0 spiro atoms. The predicted octanol–water partition coefficient (Wildman–Crippen LogP) is 9.85. The first-order chi connectivity index (χ1) is 21.0. The van der Waals surface area contributed by atoms with Crippen molar-refractivity contribution in [1.82, 2.24) is 0 Å². The maximum absolute atomic E-state index is 8.56. The van der Waals surface area contributed by atoms with E-state index >= 15 is 0 Å². The summed E-state index contributed by atoms with van der Waals surface area (Å²) in [5.74, 6) is 1.39. The van der Waals surface area contributed by atoms with Crippen LogP contribution >= 0.6 is 17.2 Å². The Labute approximate surface area is 281 Å². The van der Waals surface area contributed by atoms with Crippen LogP contribution in [0.4, 0.5) is 0 Å². The van der Waals surface area contributed by atoms with E-state index in [2.05, 4.69) is 121 Å². The van der Waals surface area contributed by atoms with Crippen LogP contribution in [0, 0.1) is 0 Å². The maximum atomic E-state index is 8.56. The molecular weight excluding hydrogens is 665 g/mol. The van der Waals surface area contributed by atoms with E-state index in [0.29, 0.717) is 18.3 Å². The van der Waals surface area contributed by atoms with E-state index in [9.17, 15) is 0 Å². The van der Waals surface area contributed by atoms with Crippen molar-refractivity contribution in [2.45, 2.75) is 92.6 Å². The molecule has 0 bridgehead atoms. The van der Waals surface area contributed by atoms with Crippen LogP contribution in [0.25, 0.3) is 0 Å². The van der Waals surface area contributed by atoms with Crippen LogP contribution in [-0.4, -0.2) is 33.7 Å². The van der Waals surface area contributed by atoms with Crippen molar-refractivity contribution in [1.29, 1.82) is 0 Å². The summed E-state index contributed by atoms with van der Waals surface area (Å²) in [6.07, 6.45) is 5.06. The predicted molar refractivity (Wildman–Crippen MR) is 187 cm³/mol. The molecule has 44 heavy (non-hydrogen) atoms. The second-order valence-electron chi connectivity index (χ2n) is 12.5. The normalized spacial score (nSPS) is 26.8. The minimum Gasteiger partial charge on any atom is -0.393 e. The Hall–Kier alpha value is -1.72. The summed E-state index contributed by atoms with van der Waals surface area (Å²) < 4.78 is 0. The van der Waals surface area contributed by atoms with E-state index in [0.717, 1.165) is 39.8 Å². The molecule has 4 aromatic carbocycles. The molecule has 2 aliphatic heterocycles. The molecule has 0 amide bonds. The topological polar surface area (TPSA) is 40.5 Å². The first-order valence-electron chi connectivity index (χ1n) is 16.1. The number of aliphatic hydroxyl groups is 2. The van der Waals surface area contributed by atoms with Crippen molar-refractivity contribution >= 4 is 17.2 Å². The van der Waals surface area contributed by atoms with Gasteiger partial charge in [0.05, 0.1) is 12.2 Å². The van der Waals surface area contributed by atoms with Crippen molar-refractivity contribution in [3.05, 3.63) is 144 Å². The summed E-state index contributed by atoms with van der Waals surface area (Å²) in [6.45, 7) is 3.32. The molecule has 2 heterocycles. The molecule has 2 N–H and O–H groups in total. The molecule has 5 heteroatoms. The SMILES string of the molecule is CC(O)CC(C)O.[Rh].c1ccc([C@H]2C[C@H](c3ccccc3)PC2CCC2P[C@@H](c3ccccc3)C[C@@H]2c2ccccc2)cc1. The molecule has 10 atom stereocenters. The molecule has 0 aliphatic carbocycles. The third kappa shape index (κ3) is 9.89. The molecule has 2 nitrogen and oxygen atoms in total. The molecular formula is C39H48O2P2Rh. The summed E-state index contributed by atoms with van der Waals surface area (Å²) in [4.78, 5) is 0. The Morgan fingerprint density at radius 1 is 0.523 bits per heavy atom. The van der Waals surface area contributed by atoms with Gasteiger partial charge in [-0.25, -0.2) is 0 Å². The minimum atomic E-state index is -0.375. The van der Waals surface area contributed by atoms with E-state index in [1.807, 2.05) is 0 Å². The first kappa shape index (κ1) is 35.1. The number of benzene rings is 4.